The zero-order chi connectivity index (χ0) is 10.7. The average molecular weight is 207 g/mol. The van der Waals surface area contributed by atoms with Gasteiger partial charge in [0.2, 0.25) is 5.95 Å². The van der Waals surface area contributed by atoms with Gasteiger partial charge in [-0.2, -0.15) is 4.39 Å². The first-order valence-electron chi connectivity index (χ1n) is 4.45. The Labute approximate surface area is 86.0 Å². The molecule has 2 aromatic rings. The van der Waals surface area contributed by atoms with Crippen molar-refractivity contribution in [3.05, 3.63) is 36.3 Å². The van der Waals surface area contributed by atoms with E-state index in [0.717, 1.165) is 5.82 Å². The molecule has 0 bridgehead atoms. The Kier molecular flexibility index (Phi) is 2.57. The Morgan fingerprint density at radius 2 is 2.33 bits per heavy atom. The van der Waals surface area contributed by atoms with Gasteiger partial charge in [-0.3, -0.25) is 0 Å². The van der Waals surface area contributed by atoms with Gasteiger partial charge in [0, 0.05) is 7.05 Å². The van der Waals surface area contributed by atoms with Crippen molar-refractivity contribution in [1.29, 1.82) is 0 Å². The second kappa shape index (κ2) is 4.04. The minimum atomic E-state index is -0.502. The predicted octanol–water partition coefficient (Wildman–Crippen LogP) is 0.961. The van der Waals surface area contributed by atoms with Crippen LogP contribution in [0.3, 0.4) is 0 Å². The Balaban J connectivity index is 2.02. The quantitative estimate of drug-likeness (QED) is 0.762. The second-order valence-corrected chi connectivity index (χ2v) is 3.06. The number of nitrogens with one attached hydrogen (secondary N) is 1. The molecule has 0 radical (unpaired) electrons. The molecule has 0 aromatic carbocycles. The summed E-state index contributed by atoms with van der Waals surface area (Å²) in [4.78, 5) is 3.67. The summed E-state index contributed by atoms with van der Waals surface area (Å²) in [6.07, 6.45) is 1.61. The van der Waals surface area contributed by atoms with Gasteiger partial charge in [0.1, 0.15) is 12.1 Å². The maximum Gasteiger partial charge on any atom is 0.214 e. The molecule has 0 aliphatic carbocycles. The zero-order valence-electron chi connectivity index (χ0n) is 8.18. The molecule has 2 heterocycles. The normalized spacial score (nSPS) is 10.3. The first-order chi connectivity index (χ1) is 7.25. The molecule has 1 N–H and O–H groups in total. The van der Waals surface area contributed by atoms with E-state index in [1.165, 1.54) is 6.07 Å². The van der Waals surface area contributed by atoms with Crippen molar-refractivity contribution >= 4 is 5.82 Å². The highest BCUT2D eigenvalue weighted by atomic mass is 19.1. The smallest absolute Gasteiger partial charge is 0.214 e. The van der Waals surface area contributed by atoms with Crippen LogP contribution in [-0.2, 0) is 13.6 Å². The number of nitrogens with zero attached hydrogens (tertiary/aromatic N) is 4. The van der Waals surface area contributed by atoms with Gasteiger partial charge in [-0.25, -0.2) is 4.98 Å². The molecule has 0 aliphatic rings. The van der Waals surface area contributed by atoms with Crippen molar-refractivity contribution in [3.63, 3.8) is 0 Å². The molecule has 15 heavy (non-hydrogen) atoms. The van der Waals surface area contributed by atoms with Crippen LogP contribution in [0, 0.1) is 5.95 Å². The lowest BCUT2D eigenvalue weighted by atomic mass is 10.4. The molecule has 0 saturated heterocycles. The fourth-order valence-corrected chi connectivity index (χ4v) is 1.14. The Morgan fingerprint density at radius 3 is 3.00 bits per heavy atom. The molecule has 0 atom stereocenters. The van der Waals surface area contributed by atoms with Gasteiger partial charge in [0.25, 0.3) is 0 Å². The molecule has 0 saturated carbocycles. The molecular formula is C9H10FN5. The highest BCUT2D eigenvalue weighted by Gasteiger charge is 2.01. The van der Waals surface area contributed by atoms with Crippen molar-refractivity contribution in [2.24, 2.45) is 7.05 Å². The maximum atomic E-state index is 12.7. The third-order valence-corrected chi connectivity index (χ3v) is 1.95. The summed E-state index contributed by atoms with van der Waals surface area (Å²) in [7, 11) is 1.84. The third kappa shape index (κ3) is 2.28. The van der Waals surface area contributed by atoms with Crippen LogP contribution in [0.25, 0.3) is 0 Å². The van der Waals surface area contributed by atoms with Crippen molar-refractivity contribution in [2.45, 2.75) is 6.54 Å². The molecule has 0 fully saturated rings. The number of hydrogen-bond acceptors (Lipinski definition) is 4. The number of pyridine rings is 1. The van der Waals surface area contributed by atoms with Crippen LogP contribution in [0.5, 0.6) is 0 Å². The standard InChI is InChI=1S/C9H10FN5/c1-15-6-12-14-9(15)5-11-8-4-2-3-7(10)13-8/h2-4,6H,5H2,1H3,(H,11,13). The predicted molar refractivity (Wildman–Crippen MR) is 52.5 cm³/mol. The highest BCUT2D eigenvalue weighted by Crippen LogP contribution is 2.04. The maximum absolute atomic E-state index is 12.7. The molecule has 78 valence electrons. The third-order valence-electron chi connectivity index (χ3n) is 1.95. The van der Waals surface area contributed by atoms with Crippen molar-refractivity contribution in [1.82, 2.24) is 19.7 Å². The monoisotopic (exact) mass is 207 g/mol. The van der Waals surface area contributed by atoms with E-state index in [2.05, 4.69) is 20.5 Å². The lowest BCUT2D eigenvalue weighted by Crippen LogP contribution is -2.07. The lowest BCUT2D eigenvalue weighted by Gasteiger charge is -2.04. The Bertz CT molecular complexity index is 453. The van der Waals surface area contributed by atoms with Crippen molar-refractivity contribution in [3.8, 4) is 0 Å². The van der Waals surface area contributed by atoms with E-state index in [-0.39, 0.29) is 0 Å². The topological polar surface area (TPSA) is 55.6 Å². The van der Waals surface area contributed by atoms with Gasteiger partial charge in [0.05, 0.1) is 6.54 Å². The van der Waals surface area contributed by atoms with Gasteiger partial charge in [0.15, 0.2) is 5.82 Å². The fourth-order valence-electron chi connectivity index (χ4n) is 1.14. The summed E-state index contributed by atoms with van der Waals surface area (Å²) >= 11 is 0. The van der Waals surface area contributed by atoms with Gasteiger partial charge in [-0.1, -0.05) is 6.07 Å². The molecule has 2 aromatic heterocycles. The first-order valence-corrected chi connectivity index (χ1v) is 4.45. The van der Waals surface area contributed by atoms with E-state index >= 15 is 0 Å². The summed E-state index contributed by atoms with van der Waals surface area (Å²) in [6, 6.07) is 4.59. The molecule has 0 spiro atoms. The first kappa shape index (κ1) is 9.57. The summed E-state index contributed by atoms with van der Waals surface area (Å²) in [5.74, 6) is 0.747. The van der Waals surface area contributed by atoms with Crippen molar-refractivity contribution < 1.29 is 4.39 Å². The van der Waals surface area contributed by atoms with Crippen LogP contribution >= 0.6 is 0 Å². The van der Waals surface area contributed by atoms with E-state index < -0.39 is 5.95 Å². The number of hydrogen-bond donors (Lipinski definition) is 1. The average Bonchev–Trinajstić information content (AvgIpc) is 2.61. The second-order valence-electron chi connectivity index (χ2n) is 3.06. The minimum absolute atomic E-state index is 0.465. The van der Waals surface area contributed by atoms with Gasteiger partial charge >= 0.3 is 0 Å². The number of aromatic nitrogens is 4. The molecule has 0 unspecified atom stereocenters. The molecule has 5 nitrogen and oxygen atoms in total. The van der Waals surface area contributed by atoms with Crippen LogP contribution in [0.15, 0.2) is 24.5 Å². The number of anilines is 1. The van der Waals surface area contributed by atoms with Crippen LogP contribution in [0.1, 0.15) is 5.82 Å². The number of halogens is 1. The molecule has 0 aliphatic heterocycles. The minimum Gasteiger partial charge on any atom is -0.363 e. The summed E-state index contributed by atoms with van der Waals surface area (Å²) in [5.41, 5.74) is 0. The van der Waals surface area contributed by atoms with Crippen LogP contribution in [0.2, 0.25) is 0 Å². The van der Waals surface area contributed by atoms with E-state index in [1.807, 2.05) is 7.05 Å². The van der Waals surface area contributed by atoms with E-state index in [9.17, 15) is 4.39 Å². The van der Waals surface area contributed by atoms with Gasteiger partial charge in [-0.05, 0) is 12.1 Å². The van der Waals surface area contributed by atoms with E-state index in [4.69, 9.17) is 0 Å². The van der Waals surface area contributed by atoms with Crippen molar-refractivity contribution in [2.75, 3.05) is 5.32 Å². The summed E-state index contributed by atoms with van der Waals surface area (Å²) in [5, 5.41) is 10.6. The summed E-state index contributed by atoms with van der Waals surface area (Å²) in [6.45, 7) is 0.465. The Morgan fingerprint density at radius 1 is 1.47 bits per heavy atom. The number of aryl methyl sites for hydroxylation is 1. The Hall–Kier alpha value is -1.98. The molecule has 2 rings (SSSR count). The van der Waals surface area contributed by atoms with Gasteiger partial charge < -0.3 is 9.88 Å². The SMILES string of the molecule is Cn1cnnc1CNc1cccc(F)n1. The number of rotatable bonds is 3. The van der Waals surface area contributed by atoms with E-state index in [1.54, 1.807) is 23.0 Å². The molecular weight excluding hydrogens is 197 g/mol. The lowest BCUT2D eigenvalue weighted by molar-refractivity contribution is 0.585. The van der Waals surface area contributed by atoms with E-state index in [0.29, 0.717) is 12.4 Å². The molecule has 6 heteroatoms. The largest absolute Gasteiger partial charge is 0.363 e. The summed E-state index contributed by atoms with van der Waals surface area (Å²) < 4.78 is 14.5. The van der Waals surface area contributed by atoms with Crippen LogP contribution in [0.4, 0.5) is 10.2 Å². The molecule has 0 amide bonds. The van der Waals surface area contributed by atoms with Crippen LogP contribution < -0.4 is 5.32 Å². The highest BCUT2D eigenvalue weighted by molar-refractivity contribution is 5.33. The van der Waals surface area contributed by atoms with Gasteiger partial charge in [-0.15, -0.1) is 10.2 Å². The zero-order valence-corrected chi connectivity index (χ0v) is 8.18. The van der Waals surface area contributed by atoms with Crippen LogP contribution in [-0.4, -0.2) is 19.7 Å². The fraction of sp³-hybridized carbons (Fsp3) is 0.222.